The fourth-order valence-corrected chi connectivity index (χ4v) is 0. The molecule has 6 heteroatoms. The number of carbonyl (C=O) groups is 2. The fourth-order valence-electron chi connectivity index (χ4n) is 0. The third-order valence-corrected chi connectivity index (χ3v) is 0. The summed E-state index contributed by atoms with van der Waals surface area (Å²) in [7, 11) is 0. The van der Waals surface area contributed by atoms with Gasteiger partial charge in [0.25, 0.3) is 11.9 Å². The van der Waals surface area contributed by atoms with Gasteiger partial charge in [-0.05, 0) is 0 Å². The molecule has 0 radical (unpaired) electrons. The van der Waals surface area contributed by atoms with Crippen molar-refractivity contribution >= 4 is 11.9 Å². The molecule has 0 aromatic carbocycles. The number of hydrogen-bond donors (Lipinski definition) is 2. The maximum absolute atomic E-state index is 9.00. The molecule has 0 aliphatic carbocycles. The van der Waals surface area contributed by atoms with Gasteiger partial charge in [0.05, 0.1) is 0 Å². The van der Waals surface area contributed by atoms with Gasteiger partial charge in [-0.1, -0.05) is 0 Å². The topological polar surface area (TPSA) is 74.6 Å². The van der Waals surface area contributed by atoms with Crippen molar-refractivity contribution < 1.29 is 75.1 Å². The van der Waals surface area contributed by atoms with E-state index >= 15 is 0 Å². The number of hydrogen-bond acceptors (Lipinski definition) is 2. The quantitative estimate of drug-likeness (QED) is 0.447. The molecule has 0 heterocycles. The predicted octanol–water partition coefficient (Wildman–Crippen LogP) is 0.177. The molecule has 52 valence electrons. The Balaban J connectivity index is -0.0000000300. The van der Waals surface area contributed by atoms with E-state index in [1.807, 2.05) is 0 Å². The van der Waals surface area contributed by atoms with Gasteiger partial charge >= 0.3 is 0 Å². The molecule has 0 fully saturated rings. The van der Waals surface area contributed by atoms with Crippen LogP contribution in [0.3, 0.4) is 0 Å². The minimum Gasteiger partial charge on any atom is -0.481 e. The molecule has 0 rings (SSSR count). The van der Waals surface area contributed by atoms with Gasteiger partial charge in [0.2, 0.25) is 0 Å². The SMILES string of the molecule is CC(=O)O.CC(=O)O.[Hg].[Hg]. The van der Waals surface area contributed by atoms with Crippen molar-refractivity contribution in [1.29, 1.82) is 0 Å². The maximum atomic E-state index is 9.00. The predicted molar refractivity (Wildman–Crippen MR) is 26.6 cm³/mol. The molecule has 0 aromatic rings. The Morgan fingerprint density at radius 2 is 0.900 bits per heavy atom. The summed E-state index contributed by atoms with van der Waals surface area (Å²) in [5, 5.41) is 14.8. The zero-order valence-corrected chi connectivity index (χ0v) is 17.1. The standard InChI is InChI=1S/2C2H4O2.2Hg/c2*1-2(3)4;;/h2*1H3,(H,3,4);;. The molecule has 0 bridgehead atoms. The van der Waals surface area contributed by atoms with Crippen LogP contribution in [0.2, 0.25) is 0 Å². The molecule has 4 nitrogen and oxygen atoms in total. The average molecular weight is 521 g/mol. The Bertz CT molecular complexity index is 73.3. The van der Waals surface area contributed by atoms with Crippen molar-refractivity contribution in [3.05, 3.63) is 0 Å². The first-order chi connectivity index (χ1) is 3.46. The van der Waals surface area contributed by atoms with Gasteiger partial charge in [0.1, 0.15) is 0 Å². The van der Waals surface area contributed by atoms with Crippen molar-refractivity contribution in [1.82, 2.24) is 0 Å². The number of carboxylic acid groups (broad SMARTS) is 2. The largest absolute Gasteiger partial charge is 0.481 e. The van der Waals surface area contributed by atoms with E-state index in [1.165, 1.54) is 0 Å². The summed E-state index contributed by atoms with van der Waals surface area (Å²) >= 11 is 0. The van der Waals surface area contributed by atoms with Gasteiger partial charge in [0.15, 0.2) is 0 Å². The van der Waals surface area contributed by atoms with Crippen LogP contribution in [0.1, 0.15) is 13.8 Å². The summed E-state index contributed by atoms with van der Waals surface area (Å²) in [5.41, 5.74) is 0. The molecular formula is C4H8Hg2O4. The smallest absolute Gasteiger partial charge is 0.300 e. The van der Waals surface area contributed by atoms with E-state index in [0.717, 1.165) is 13.8 Å². The van der Waals surface area contributed by atoms with Crippen LogP contribution in [-0.2, 0) is 64.9 Å². The Morgan fingerprint density at radius 3 is 0.900 bits per heavy atom. The molecule has 0 saturated carbocycles. The second-order valence-electron chi connectivity index (χ2n) is 1.04. The second-order valence-corrected chi connectivity index (χ2v) is 1.04. The van der Waals surface area contributed by atoms with Crippen LogP contribution in [0, 0.1) is 0 Å². The molecular weight excluding hydrogens is 513 g/mol. The van der Waals surface area contributed by atoms with E-state index in [2.05, 4.69) is 0 Å². The zero-order chi connectivity index (χ0) is 7.15. The molecule has 0 unspecified atom stereocenters. The molecule has 0 atom stereocenters. The molecule has 0 aliphatic heterocycles. The zero-order valence-electron chi connectivity index (χ0n) is 6.13. The Morgan fingerprint density at radius 1 is 0.900 bits per heavy atom. The molecule has 0 aliphatic rings. The fraction of sp³-hybridized carbons (Fsp3) is 0.500. The van der Waals surface area contributed by atoms with Gasteiger partial charge < -0.3 is 10.2 Å². The monoisotopic (exact) mass is 524 g/mol. The summed E-state index contributed by atoms with van der Waals surface area (Å²) in [4.78, 5) is 18.0. The van der Waals surface area contributed by atoms with Crippen molar-refractivity contribution in [2.24, 2.45) is 0 Å². The van der Waals surface area contributed by atoms with Crippen LogP contribution < -0.4 is 0 Å². The van der Waals surface area contributed by atoms with Crippen LogP contribution in [0.15, 0.2) is 0 Å². The summed E-state index contributed by atoms with van der Waals surface area (Å²) in [6.45, 7) is 2.17. The molecule has 10 heavy (non-hydrogen) atoms. The second kappa shape index (κ2) is 16.4. The normalized spacial score (nSPS) is 5.00. The van der Waals surface area contributed by atoms with Crippen LogP contribution in [0.4, 0.5) is 0 Å². The van der Waals surface area contributed by atoms with E-state index in [0.29, 0.717) is 0 Å². The van der Waals surface area contributed by atoms with Gasteiger partial charge in [-0.2, -0.15) is 0 Å². The Kier molecular flexibility index (Phi) is 36.8. The average Bonchev–Trinajstić information content (AvgIpc) is 1.25. The van der Waals surface area contributed by atoms with Gasteiger partial charge in [0, 0.05) is 69.2 Å². The first kappa shape index (κ1) is 22.4. The first-order valence-electron chi connectivity index (χ1n) is 1.86. The van der Waals surface area contributed by atoms with Gasteiger partial charge in [-0.15, -0.1) is 0 Å². The molecule has 0 aromatic heterocycles. The summed E-state index contributed by atoms with van der Waals surface area (Å²) < 4.78 is 0. The minimum atomic E-state index is -0.833. The number of aliphatic carboxylic acids is 2. The Hall–Kier alpha value is 0.810. The van der Waals surface area contributed by atoms with Gasteiger partial charge in [-0.3, -0.25) is 9.59 Å². The van der Waals surface area contributed by atoms with Crippen LogP contribution in [0.25, 0.3) is 0 Å². The third-order valence-electron chi connectivity index (χ3n) is 0. The van der Waals surface area contributed by atoms with E-state index in [-0.39, 0.29) is 55.3 Å². The van der Waals surface area contributed by atoms with Crippen molar-refractivity contribution in [3.8, 4) is 0 Å². The molecule has 0 saturated heterocycles. The van der Waals surface area contributed by atoms with Gasteiger partial charge in [-0.25, -0.2) is 0 Å². The summed E-state index contributed by atoms with van der Waals surface area (Å²) in [5.74, 6) is -1.67. The maximum Gasteiger partial charge on any atom is 0.300 e. The molecule has 0 amide bonds. The number of rotatable bonds is 0. The van der Waals surface area contributed by atoms with Crippen LogP contribution in [-0.4, -0.2) is 22.2 Å². The van der Waals surface area contributed by atoms with E-state index < -0.39 is 11.9 Å². The van der Waals surface area contributed by atoms with E-state index in [4.69, 9.17) is 19.8 Å². The summed E-state index contributed by atoms with van der Waals surface area (Å²) in [6, 6.07) is 0. The van der Waals surface area contributed by atoms with Crippen LogP contribution >= 0.6 is 0 Å². The van der Waals surface area contributed by atoms with Crippen molar-refractivity contribution in [2.45, 2.75) is 13.8 Å². The molecule has 2 N–H and O–H groups in total. The van der Waals surface area contributed by atoms with E-state index in [9.17, 15) is 0 Å². The number of carboxylic acids is 2. The Labute approximate surface area is 100 Å². The van der Waals surface area contributed by atoms with Crippen LogP contribution in [0.5, 0.6) is 0 Å². The minimum absolute atomic E-state index is 0. The first-order valence-corrected chi connectivity index (χ1v) is 1.86. The van der Waals surface area contributed by atoms with E-state index in [1.54, 1.807) is 0 Å². The third kappa shape index (κ3) is 819. The molecule has 0 spiro atoms. The summed E-state index contributed by atoms with van der Waals surface area (Å²) in [6.07, 6.45) is 0. The van der Waals surface area contributed by atoms with Crippen molar-refractivity contribution in [3.63, 3.8) is 0 Å². The van der Waals surface area contributed by atoms with Crippen molar-refractivity contribution in [2.75, 3.05) is 0 Å².